The summed E-state index contributed by atoms with van der Waals surface area (Å²) in [6.45, 7) is 3.24. The molecule has 1 spiro atoms. The van der Waals surface area contributed by atoms with Gasteiger partial charge in [-0.05, 0) is 31.2 Å². The number of hydrogen-bond acceptors (Lipinski definition) is 7. The molecule has 4 rings (SSSR count). The molecule has 0 unspecified atom stereocenters. The molecule has 10 heteroatoms. The molecule has 2 aromatic rings. The van der Waals surface area contributed by atoms with Gasteiger partial charge in [0, 0.05) is 38.0 Å². The average molecular weight is 491 g/mol. The van der Waals surface area contributed by atoms with Crippen molar-refractivity contribution >= 4 is 15.9 Å². The van der Waals surface area contributed by atoms with E-state index in [4.69, 9.17) is 18.9 Å². The van der Waals surface area contributed by atoms with Crippen molar-refractivity contribution in [3.05, 3.63) is 47.5 Å². The summed E-state index contributed by atoms with van der Waals surface area (Å²) in [5.41, 5.74) is 0.447. The number of benzene rings is 2. The fourth-order valence-corrected chi connectivity index (χ4v) is 6.33. The van der Waals surface area contributed by atoms with Gasteiger partial charge in [-0.15, -0.1) is 0 Å². The number of nitrogens with zero attached hydrogens (tertiary/aromatic N) is 2. The topological polar surface area (TPSA) is 94.6 Å². The Morgan fingerprint density at radius 2 is 1.53 bits per heavy atom. The van der Waals surface area contributed by atoms with Crippen molar-refractivity contribution in [3.8, 4) is 17.2 Å². The van der Waals surface area contributed by atoms with E-state index in [1.165, 1.54) is 25.6 Å². The molecule has 2 aromatic carbocycles. The molecule has 2 heterocycles. The Morgan fingerprint density at radius 3 is 2.06 bits per heavy atom. The van der Waals surface area contributed by atoms with Gasteiger partial charge in [-0.2, -0.15) is 4.31 Å². The van der Waals surface area contributed by atoms with Crippen LogP contribution in [0.1, 0.15) is 28.8 Å². The van der Waals surface area contributed by atoms with Crippen LogP contribution in [0.2, 0.25) is 0 Å². The maximum atomic E-state index is 13.4. The monoisotopic (exact) mass is 490 g/mol. The van der Waals surface area contributed by atoms with Crippen LogP contribution in [0, 0.1) is 6.92 Å². The van der Waals surface area contributed by atoms with Crippen molar-refractivity contribution in [2.45, 2.75) is 30.4 Å². The minimum Gasteiger partial charge on any atom is -0.493 e. The predicted molar refractivity (Wildman–Crippen MR) is 125 cm³/mol. The minimum atomic E-state index is -3.72. The highest BCUT2D eigenvalue weighted by Gasteiger charge is 2.51. The van der Waals surface area contributed by atoms with Crippen LogP contribution in [-0.2, 0) is 14.8 Å². The molecule has 2 aliphatic heterocycles. The number of hydrogen-bond donors (Lipinski definition) is 0. The number of amides is 1. The molecular formula is C24H30N2O7S. The van der Waals surface area contributed by atoms with Gasteiger partial charge in [0.1, 0.15) is 5.72 Å². The molecule has 184 valence electrons. The molecule has 0 radical (unpaired) electrons. The lowest BCUT2D eigenvalue weighted by molar-refractivity contribution is -0.0857. The second kappa shape index (κ2) is 9.44. The fraction of sp³-hybridized carbons (Fsp3) is 0.458. The third kappa shape index (κ3) is 4.21. The van der Waals surface area contributed by atoms with E-state index in [1.54, 1.807) is 41.3 Å². The summed E-state index contributed by atoms with van der Waals surface area (Å²) in [6, 6.07) is 10.1. The van der Waals surface area contributed by atoms with Gasteiger partial charge in [0.2, 0.25) is 15.8 Å². The summed E-state index contributed by atoms with van der Waals surface area (Å²) in [5.74, 6) is 1.01. The summed E-state index contributed by atoms with van der Waals surface area (Å²) in [7, 11) is 0.776. The van der Waals surface area contributed by atoms with E-state index in [9.17, 15) is 13.2 Å². The first-order valence-electron chi connectivity index (χ1n) is 11.1. The number of sulfonamides is 1. The van der Waals surface area contributed by atoms with Crippen LogP contribution in [0.25, 0.3) is 0 Å². The number of ether oxygens (including phenoxy) is 4. The fourth-order valence-electron chi connectivity index (χ4n) is 4.61. The largest absolute Gasteiger partial charge is 0.493 e. The van der Waals surface area contributed by atoms with Gasteiger partial charge in [0.05, 0.1) is 32.8 Å². The maximum Gasteiger partial charge on any atom is 0.254 e. The standard InChI is InChI=1S/C24H30N2O7S/c1-17-5-7-19(8-6-17)34(28,29)26-13-14-33-24(26)9-11-25(12-10-24)23(27)18-15-20(30-2)22(32-4)21(16-18)31-3/h5-8,15-16H,9-14H2,1-4H3. The van der Waals surface area contributed by atoms with Crippen molar-refractivity contribution in [2.24, 2.45) is 0 Å². The molecule has 0 N–H and O–H groups in total. The molecule has 2 saturated heterocycles. The Balaban J connectivity index is 1.53. The molecule has 1 amide bonds. The SMILES string of the molecule is COc1cc(C(=O)N2CCC3(CC2)OCCN3S(=O)(=O)c2ccc(C)cc2)cc(OC)c1OC. The molecule has 0 saturated carbocycles. The van der Waals surface area contributed by atoms with Gasteiger partial charge in [0.25, 0.3) is 5.91 Å². The quantitative estimate of drug-likeness (QED) is 0.614. The van der Waals surface area contributed by atoms with Crippen LogP contribution in [0.5, 0.6) is 17.2 Å². The lowest BCUT2D eigenvalue weighted by Crippen LogP contribution is -2.55. The highest BCUT2D eigenvalue weighted by molar-refractivity contribution is 7.89. The molecule has 0 bridgehead atoms. The Labute approximate surface area is 200 Å². The van der Waals surface area contributed by atoms with Crippen molar-refractivity contribution in [3.63, 3.8) is 0 Å². The van der Waals surface area contributed by atoms with Crippen molar-refractivity contribution in [1.82, 2.24) is 9.21 Å². The molecule has 2 fully saturated rings. The summed E-state index contributed by atoms with van der Waals surface area (Å²) in [4.78, 5) is 15.2. The highest BCUT2D eigenvalue weighted by Crippen LogP contribution is 2.41. The Kier molecular flexibility index (Phi) is 6.75. The molecule has 2 aliphatic rings. The first-order valence-corrected chi connectivity index (χ1v) is 12.5. The summed E-state index contributed by atoms with van der Waals surface area (Å²) >= 11 is 0. The second-order valence-corrected chi connectivity index (χ2v) is 10.3. The van der Waals surface area contributed by atoms with Crippen molar-refractivity contribution in [1.29, 1.82) is 0 Å². The number of rotatable bonds is 6. The van der Waals surface area contributed by atoms with Gasteiger partial charge in [0.15, 0.2) is 11.5 Å². The Bertz CT molecular complexity index is 1130. The molecule has 0 aliphatic carbocycles. The second-order valence-electron chi connectivity index (χ2n) is 8.39. The first kappa shape index (κ1) is 24.3. The average Bonchev–Trinajstić information content (AvgIpc) is 3.27. The van der Waals surface area contributed by atoms with E-state index in [-0.39, 0.29) is 17.3 Å². The van der Waals surface area contributed by atoms with E-state index in [2.05, 4.69) is 0 Å². The summed E-state index contributed by atoms with van der Waals surface area (Å²) in [6.07, 6.45) is 0.766. The van der Waals surface area contributed by atoms with E-state index in [1.807, 2.05) is 6.92 Å². The molecular weight excluding hydrogens is 460 g/mol. The van der Waals surface area contributed by atoms with E-state index >= 15 is 0 Å². The molecule has 0 atom stereocenters. The lowest BCUT2D eigenvalue weighted by atomic mass is 9.99. The maximum absolute atomic E-state index is 13.4. The summed E-state index contributed by atoms with van der Waals surface area (Å²) in [5, 5.41) is 0. The van der Waals surface area contributed by atoms with Crippen LogP contribution in [0.3, 0.4) is 0 Å². The van der Waals surface area contributed by atoms with Crippen LogP contribution < -0.4 is 14.2 Å². The van der Waals surface area contributed by atoms with Crippen LogP contribution in [0.4, 0.5) is 0 Å². The van der Waals surface area contributed by atoms with Gasteiger partial charge < -0.3 is 23.8 Å². The van der Waals surface area contributed by atoms with Crippen LogP contribution in [-0.4, -0.2) is 76.8 Å². The normalized spacial score (nSPS) is 18.2. The number of aryl methyl sites for hydroxylation is 1. The predicted octanol–water partition coefficient (Wildman–Crippen LogP) is 2.67. The Hall–Kier alpha value is -2.82. The number of likely N-dealkylation sites (tertiary alicyclic amines) is 1. The number of carbonyl (C=O) groups is 1. The zero-order chi connectivity index (χ0) is 24.5. The zero-order valence-electron chi connectivity index (χ0n) is 19.9. The highest BCUT2D eigenvalue weighted by atomic mass is 32.2. The number of carbonyl (C=O) groups excluding carboxylic acids is 1. The van der Waals surface area contributed by atoms with Crippen LogP contribution >= 0.6 is 0 Å². The van der Waals surface area contributed by atoms with Gasteiger partial charge in [-0.25, -0.2) is 8.42 Å². The van der Waals surface area contributed by atoms with Gasteiger partial charge in [-0.1, -0.05) is 17.7 Å². The minimum absolute atomic E-state index is 0.194. The molecule has 34 heavy (non-hydrogen) atoms. The number of piperidine rings is 1. The first-order chi connectivity index (χ1) is 16.3. The third-order valence-corrected chi connectivity index (χ3v) is 8.44. The van der Waals surface area contributed by atoms with E-state index in [0.29, 0.717) is 55.4 Å². The number of methoxy groups -OCH3 is 3. The smallest absolute Gasteiger partial charge is 0.254 e. The van der Waals surface area contributed by atoms with Crippen LogP contribution in [0.15, 0.2) is 41.3 Å². The molecule has 0 aromatic heterocycles. The van der Waals surface area contributed by atoms with Crippen molar-refractivity contribution in [2.75, 3.05) is 47.6 Å². The zero-order valence-corrected chi connectivity index (χ0v) is 20.7. The Morgan fingerprint density at radius 1 is 0.941 bits per heavy atom. The van der Waals surface area contributed by atoms with Crippen molar-refractivity contribution < 1.29 is 32.2 Å². The third-order valence-electron chi connectivity index (χ3n) is 6.47. The van der Waals surface area contributed by atoms with E-state index < -0.39 is 15.7 Å². The van der Waals surface area contributed by atoms with Gasteiger partial charge >= 0.3 is 0 Å². The molecule has 9 nitrogen and oxygen atoms in total. The lowest BCUT2D eigenvalue weighted by Gasteiger charge is -2.42. The summed E-state index contributed by atoms with van der Waals surface area (Å²) < 4.78 is 50.3. The van der Waals surface area contributed by atoms with E-state index in [0.717, 1.165) is 5.56 Å². The van der Waals surface area contributed by atoms with Gasteiger partial charge in [-0.3, -0.25) is 4.79 Å².